The second-order valence-electron chi connectivity index (χ2n) is 8.44. The molecule has 0 radical (unpaired) electrons. The maximum absolute atomic E-state index is 13.5. The van der Waals surface area contributed by atoms with Crippen LogP contribution in [-0.4, -0.2) is 65.4 Å². The van der Waals surface area contributed by atoms with Crippen molar-refractivity contribution in [3.8, 4) is 17.3 Å². The van der Waals surface area contributed by atoms with Crippen molar-refractivity contribution in [3.63, 3.8) is 0 Å². The number of aliphatic hydroxyl groups is 1. The molecule has 0 spiro atoms. The van der Waals surface area contributed by atoms with Crippen LogP contribution in [0.5, 0.6) is 11.6 Å². The molecule has 0 fully saturated rings. The quantitative estimate of drug-likeness (QED) is 0.400. The lowest BCUT2D eigenvalue weighted by molar-refractivity contribution is -0.0122. The number of para-hydroxylation sites is 1. The zero-order chi connectivity index (χ0) is 24.5. The Balaban J connectivity index is 1.92. The summed E-state index contributed by atoms with van der Waals surface area (Å²) in [5, 5.41) is 15.3. The monoisotopic (exact) mass is 471 g/mol. The van der Waals surface area contributed by atoms with E-state index in [-0.39, 0.29) is 18.5 Å². The zero-order valence-corrected chi connectivity index (χ0v) is 20.3. The topological polar surface area (TPSA) is 69.0 Å². The van der Waals surface area contributed by atoms with Gasteiger partial charge in [-0.05, 0) is 57.2 Å². The molecule has 1 aromatic heterocycles. The first-order valence-corrected chi connectivity index (χ1v) is 11.5. The molecule has 34 heavy (non-hydrogen) atoms. The third-order valence-corrected chi connectivity index (χ3v) is 5.25. The summed E-state index contributed by atoms with van der Waals surface area (Å²) < 4.78 is 32.3. The van der Waals surface area contributed by atoms with E-state index in [9.17, 15) is 9.50 Å². The largest absolute Gasteiger partial charge is 0.439 e. The molecule has 1 heterocycles. The van der Waals surface area contributed by atoms with Gasteiger partial charge in [-0.25, -0.2) is 9.07 Å². The molecule has 0 bridgehead atoms. The van der Waals surface area contributed by atoms with Gasteiger partial charge in [0.1, 0.15) is 11.6 Å². The van der Waals surface area contributed by atoms with Crippen molar-refractivity contribution >= 4 is 0 Å². The fourth-order valence-corrected chi connectivity index (χ4v) is 3.52. The van der Waals surface area contributed by atoms with E-state index in [1.165, 1.54) is 12.1 Å². The first-order chi connectivity index (χ1) is 16.4. The van der Waals surface area contributed by atoms with Crippen LogP contribution in [0.3, 0.4) is 0 Å². The standard InChI is InChI=1S/C26H34FN3O4/c1-19(2)33-18-23(31)16-29(14-15-32-4)17-25-20(3)28-30(22-8-6-5-7-9-22)26(25)34-24-12-10-21(27)11-13-24/h5-13,19,23,31H,14-18H2,1-4H3. The molecule has 3 rings (SSSR count). The Hall–Kier alpha value is -2.78. The van der Waals surface area contributed by atoms with E-state index < -0.39 is 6.10 Å². The van der Waals surface area contributed by atoms with Crippen molar-refractivity contribution in [2.45, 2.75) is 39.5 Å². The van der Waals surface area contributed by atoms with Crippen LogP contribution in [-0.2, 0) is 16.0 Å². The summed E-state index contributed by atoms with van der Waals surface area (Å²) in [5.41, 5.74) is 2.53. The molecule has 0 aliphatic carbocycles. The Labute approximate surface area is 200 Å². The molecule has 0 amide bonds. The van der Waals surface area contributed by atoms with Gasteiger partial charge in [0.2, 0.25) is 5.88 Å². The summed E-state index contributed by atoms with van der Waals surface area (Å²) in [6, 6.07) is 15.6. The third-order valence-electron chi connectivity index (χ3n) is 5.25. The second-order valence-corrected chi connectivity index (χ2v) is 8.44. The van der Waals surface area contributed by atoms with Gasteiger partial charge in [0.15, 0.2) is 0 Å². The molecule has 0 aliphatic rings. The first-order valence-electron chi connectivity index (χ1n) is 11.5. The lowest BCUT2D eigenvalue weighted by Crippen LogP contribution is -2.37. The van der Waals surface area contributed by atoms with Gasteiger partial charge in [0.05, 0.1) is 42.4 Å². The Bertz CT molecular complexity index is 1010. The van der Waals surface area contributed by atoms with Gasteiger partial charge in [-0.15, -0.1) is 0 Å². The SMILES string of the molecule is COCCN(Cc1c(C)nn(-c2ccccc2)c1Oc1ccc(F)cc1)CC(O)COC(C)C. The third kappa shape index (κ3) is 7.36. The number of methoxy groups -OCH3 is 1. The van der Waals surface area contributed by atoms with Crippen LogP contribution in [0.15, 0.2) is 54.6 Å². The fourth-order valence-electron chi connectivity index (χ4n) is 3.52. The average Bonchev–Trinajstić information content (AvgIpc) is 3.13. The molecular weight excluding hydrogens is 437 g/mol. The zero-order valence-electron chi connectivity index (χ0n) is 20.3. The molecular formula is C26H34FN3O4. The van der Waals surface area contributed by atoms with Gasteiger partial charge >= 0.3 is 0 Å². The van der Waals surface area contributed by atoms with Crippen molar-refractivity contribution in [1.82, 2.24) is 14.7 Å². The number of nitrogens with zero attached hydrogens (tertiary/aromatic N) is 3. The molecule has 7 nitrogen and oxygen atoms in total. The molecule has 3 aromatic rings. The normalized spacial score (nSPS) is 12.5. The highest BCUT2D eigenvalue weighted by atomic mass is 19.1. The number of halogens is 1. The maximum Gasteiger partial charge on any atom is 0.227 e. The van der Waals surface area contributed by atoms with Crippen LogP contribution < -0.4 is 4.74 Å². The summed E-state index contributed by atoms with van der Waals surface area (Å²) in [6.07, 6.45) is -0.602. The van der Waals surface area contributed by atoms with Gasteiger partial charge in [-0.3, -0.25) is 4.90 Å². The molecule has 0 saturated carbocycles. The first kappa shape index (κ1) is 25.8. The highest BCUT2D eigenvalue weighted by molar-refractivity contribution is 5.43. The summed E-state index contributed by atoms with van der Waals surface area (Å²) in [6.45, 7) is 8.07. The average molecular weight is 472 g/mol. The van der Waals surface area contributed by atoms with Crippen molar-refractivity contribution in [3.05, 3.63) is 71.7 Å². The highest BCUT2D eigenvalue weighted by Gasteiger charge is 2.23. The second kappa shape index (κ2) is 12.6. The summed E-state index contributed by atoms with van der Waals surface area (Å²) in [5.74, 6) is 0.725. The van der Waals surface area contributed by atoms with Crippen molar-refractivity contribution in [1.29, 1.82) is 0 Å². The minimum atomic E-state index is -0.648. The predicted octanol–water partition coefficient (Wildman–Crippen LogP) is 4.35. The Morgan fingerprint density at radius 2 is 1.79 bits per heavy atom. The number of rotatable bonds is 13. The molecule has 1 atom stereocenters. The van der Waals surface area contributed by atoms with Gasteiger partial charge in [-0.2, -0.15) is 5.10 Å². The van der Waals surface area contributed by atoms with Crippen LogP contribution in [0.25, 0.3) is 5.69 Å². The van der Waals surface area contributed by atoms with Crippen LogP contribution in [0.1, 0.15) is 25.1 Å². The van der Waals surface area contributed by atoms with Crippen molar-refractivity contribution in [2.75, 3.05) is 33.4 Å². The fraction of sp³-hybridized carbons (Fsp3) is 0.423. The number of aromatic nitrogens is 2. The van der Waals surface area contributed by atoms with E-state index in [4.69, 9.17) is 19.3 Å². The number of benzene rings is 2. The summed E-state index contributed by atoms with van der Waals surface area (Å²) >= 11 is 0. The molecule has 0 saturated heterocycles. The summed E-state index contributed by atoms with van der Waals surface area (Å²) in [7, 11) is 1.65. The van der Waals surface area contributed by atoms with Crippen LogP contribution in [0.2, 0.25) is 0 Å². The summed E-state index contributed by atoms with van der Waals surface area (Å²) in [4.78, 5) is 2.09. The van der Waals surface area contributed by atoms with Crippen LogP contribution in [0.4, 0.5) is 4.39 Å². The van der Waals surface area contributed by atoms with E-state index in [1.807, 2.05) is 51.1 Å². The number of ether oxygens (including phenoxy) is 3. The Morgan fingerprint density at radius 1 is 1.09 bits per heavy atom. The van der Waals surface area contributed by atoms with E-state index in [0.29, 0.717) is 37.9 Å². The van der Waals surface area contributed by atoms with Crippen LogP contribution >= 0.6 is 0 Å². The van der Waals surface area contributed by atoms with Gasteiger partial charge in [0.25, 0.3) is 0 Å². The van der Waals surface area contributed by atoms with E-state index in [2.05, 4.69) is 4.90 Å². The lowest BCUT2D eigenvalue weighted by Gasteiger charge is -2.25. The number of aliphatic hydroxyl groups excluding tert-OH is 1. The minimum absolute atomic E-state index is 0.0455. The lowest BCUT2D eigenvalue weighted by atomic mass is 10.2. The molecule has 8 heteroatoms. The van der Waals surface area contributed by atoms with Crippen molar-refractivity contribution in [2.24, 2.45) is 0 Å². The molecule has 2 aromatic carbocycles. The molecule has 0 aliphatic heterocycles. The van der Waals surface area contributed by atoms with Crippen LogP contribution in [0, 0.1) is 12.7 Å². The highest BCUT2D eigenvalue weighted by Crippen LogP contribution is 2.31. The van der Waals surface area contributed by atoms with Gasteiger partial charge in [-0.1, -0.05) is 18.2 Å². The van der Waals surface area contributed by atoms with Gasteiger partial charge in [0, 0.05) is 26.7 Å². The Kier molecular flexibility index (Phi) is 9.59. The van der Waals surface area contributed by atoms with E-state index in [0.717, 1.165) is 16.9 Å². The van der Waals surface area contributed by atoms with Gasteiger partial charge < -0.3 is 19.3 Å². The smallest absolute Gasteiger partial charge is 0.227 e. The number of hydrogen-bond donors (Lipinski definition) is 1. The van der Waals surface area contributed by atoms with Crippen molar-refractivity contribution < 1.29 is 23.7 Å². The molecule has 1 unspecified atom stereocenters. The number of hydrogen-bond acceptors (Lipinski definition) is 6. The predicted molar refractivity (Wildman–Crippen MR) is 129 cm³/mol. The van der Waals surface area contributed by atoms with E-state index in [1.54, 1.807) is 23.9 Å². The maximum atomic E-state index is 13.5. The Morgan fingerprint density at radius 3 is 2.44 bits per heavy atom. The number of aryl methyl sites for hydroxylation is 1. The minimum Gasteiger partial charge on any atom is -0.439 e. The van der Waals surface area contributed by atoms with E-state index >= 15 is 0 Å². The molecule has 184 valence electrons. The molecule has 1 N–H and O–H groups in total.